The summed E-state index contributed by atoms with van der Waals surface area (Å²) in [7, 11) is 0. The molecule has 3 N–H and O–H groups in total. The Balaban J connectivity index is 1.68. The molecule has 1 saturated carbocycles. The minimum Gasteiger partial charge on any atom is -0.444 e. The number of hydrogen-bond donors (Lipinski definition) is 3. The Kier molecular flexibility index (Phi) is 5.05. The average molecular weight is 308 g/mol. The molecule has 0 saturated heterocycles. The summed E-state index contributed by atoms with van der Waals surface area (Å²) in [5.41, 5.74) is -0.623. The van der Waals surface area contributed by atoms with Crippen LogP contribution in [-0.4, -0.2) is 34.8 Å². The average Bonchev–Trinajstić information content (AvgIpc) is 3.19. The minimum atomic E-state index is -0.490. The summed E-state index contributed by atoms with van der Waals surface area (Å²) in [6, 6.07) is 1.45. The number of hydrogen-bond acceptors (Lipinski definition) is 5. The third-order valence-electron chi connectivity index (χ3n) is 3.05. The molecule has 2 rings (SSSR count). The van der Waals surface area contributed by atoms with Crippen LogP contribution < -0.4 is 16.2 Å². The van der Waals surface area contributed by atoms with Gasteiger partial charge in [0.1, 0.15) is 17.2 Å². The van der Waals surface area contributed by atoms with Gasteiger partial charge in [-0.3, -0.25) is 4.79 Å². The van der Waals surface area contributed by atoms with E-state index >= 15 is 0 Å². The van der Waals surface area contributed by atoms with Gasteiger partial charge in [-0.1, -0.05) is 0 Å². The van der Waals surface area contributed by atoms with Crippen LogP contribution in [0.25, 0.3) is 0 Å². The topological polar surface area (TPSA) is 96.1 Å². The molecule has 0 unspecified atom stereocenters. The van der Waals surface area contributed by atoms with Crippen LogP contribution in [0, 0.1) is 0 Å². The first-order valence-electron chi connectivity index (χ1n) is 7.65. The molecular formula is C15H24N4O3. The van der Waals surface area contributed by atoms with Gasteiger partial charge in [-0.15, -0.1) is 0 Å². The maximum Gasteiger partial charge on any atom is 0.407 e. The van der Waals surface area contributed by atoms with E-state index in [4.69, 9.17) is 4.74 Å². The van der Waals surface area contributed by atoms with Crippen molar-refractivity contribution in [2.24, 2.45) is 0 Å². The number of H-pyrrole nitrogens is 1. The Morgan fingerprint density at radius 3 is 2.77 bits per heavy atom. The van der Waals surface area contributed by atoms with Crippen molar-refractivity contribution in [3.8, 4) is 0 Å². The van der Waals surface area contributed by atoms with Gasteiger partial charge in [0.05, 0.1) is 0 Å². The monoisotopic (exact) mass is 308 g/mol. The molecule has 7 heteroatoms. The highest BCUT2D eigenvalue weighted by Gasteiger charge is 2.26. The maximum absolute atomic E-state index is 11.5. The van der Waals surface area contributed by atoms with E-state index in [-0.39, 0.29) is 5.56 Å². The fourth-order valence-electron chi connectivity index (χ4n) is 1.93. The summed E-state index contributed by atoms with van der Waals surface area (Å²) in [6.45, 7) is 6.59. The summed E-state index contributed by atoms with van der Waals surface area (Å²) >= 11 is 0. The van der Waals surface area contributed by atoms with Crippen molar-refractivity contribution in [2.75, 3.05) is 18.4 Å². The summed E-state index contributed by atoms with van der Waals surface area (Å²) < 4.78 is 5.14. The fraction of sp³-hybridized carbons (Fsp3) is 0.667. The first kappa shape index (κ1) is 16.3. The lowest BCUT2D eigenvalue weighted by molar-refractivity contribution is 0.0528. The number of aromatic amines is 1. The number of nitrogens with one attached hydrogen (secondary N) is 3. The van der Waals surface area contributed by atoms with E-state index in [1.165, 1.54) is 6.07 Å². The van der Waals surface area contributed by atoms with E-state index in [1.54, 1.807) is 0 Å². The predicted molar refractivity (Wildman–Crippen MR) is 84.2 cm³/mol. The summed E-state index contributed by atoms with van der Waals surface area (Å²) in [4.78, 5) is 30.2. The molecule has 1 fully saturated rings. The van der Waals surface area contributed by atoms with E-state index in [0.717, 1.165) is 18.7 Å². The van der Waals surface area contributed by atoms with Crippen LogP contribution >= 0.6 is 0 Å². The largest absolute Gasteiger partial charge is 0.444 e. The van der Waals surface area contributed by atoms with E-state index in [0.29, 0.717) is 31.2 Å². The smallest absolute Gasteiger partial charge is 0.407 e. The fourth-order valence-corrected chi connectivity index (χ4v) is 1.93. The Morgan fingerprint density at radius 1 is 1.41 bits per heavy atom. The van der Waals surface area contributed by atoms with Crippen molar-refractivity contribution in [1.29, 1.82) is 0 Å². The van der Waals surface area contributed by atoms with Gasteiger partial charge in [0.25, 0.3) is 5.56 Å². The van der Waals surface area contributed by atoms with Crippen molar-refractivity contribution >= 4 is 11.9 Å². The Morgan fingerprint density at radius 2 is 2.14 bits per heavy atom. The van der Waals surface area contributed by atoms with Gasteiger partial charge in [0.2, 0.25) is 0 Å². The molecule has 1 amide bonds. The molecule has 0 bridgehead atoms. The van der Waals surface area contributed by atoms with Crippen LogP contribution in [0.2, 0.25) is 0 Å². The lowest BCUT2D eigenvalue weighted by Crippen LogP contribution is -2.33. The normalized spacial score (nSPS) is 14.5. The third kappa shape index (κ3) is 5.75. The van der Waals surface area contributed by atoms with Gasteiger partial charge >= 0.3 is 6.09 Å². The highest BCUT2D eigenvalue weighted by Crippen LogP contribution is 2.37. The second-order valence-corrected chi connectivity index (χ2v) is 6.50. The van der Waals surface area contributed by atoms with Crippen LogP contribution in [0.5, 0.6) is 0 Å². The van der Waals surface area contributed by atoms with Crippen molar-refractivity contribution in [1.82, 2.24) is 15.3 Å². The van der Waals surface area contributed by atoms with Gasteiger partial charge < -0.3 is 20.4 Å². The second kappa shape index (κ2) is 6.81. The van der Waals surface area contributed by atoms with Gasteiger partial charge in [-0.25, -0.2) is 9.78 Å². The maximum atomic E-state index is 11.5. The summed E-state index contributed by atoms with van der Waals surface area (Å²) in [5.74, 6) is 1.76. The third-order valence-corrected chi connectivity index (χ3v) is 3.05. The summed E-state index contributed by atoms with van der Waals surface area (Å²) in [6.07, 6.45) is 2.48. The molecule has 1 aliphatic rings. The number of aromatic nitrogens is 2. The first-order valence-corrected chi connectivity index (χ1v) is 7.65. The lowest BCUT2D eigenvalue weighted by Gasteiger charge is -2.19. The van der Waals surface area contributed by atoms with Gasteiger partial charge in [-0.05, 0) is 40.0 Å². The molecule has 1 heterocycles. The predicted octanol–water partition coefficient (Wildman–Crippen LogP) is 1.97. The molecular weight excluding hydrogens is 284 g/mol. The highest BCUT2D eigenvalue weighted by atomic mass is 16.6. The van der Waals surface area contributed by atoms with Gasteiger partial charge in [0, 0.05) is 25.1 Å². The molecule has 0 aromatic carbocycles. The number of carbonyl (C=O) groups is 1. The zero-order chi connectivity index (χ0) is 16.2. The van der Waals surface area contributed by atoms with E-state index in [1.807, 2.05) is 20.8 Å². The molecule has 0 spiro atoms. The van der Waals surface area contributed by atoms with Gasteiger partial charge in [-0.2, -0.15) is 0 Å². The first-order chi connectivity index (χ1) is 10.3. The van der Waals surface area contributed by atoms with Gasteiger partial charge in [0.15, 0.2) is 0 Å². The van der Waals surface area contributed by atoms with Crippen molar-refractivity contribution in [2.45, 2.75) is 51.6 Å². The van der Waals surface area contributed by atoms with Crippen molar-refractivity contribution in [3.63, 3.8) is 0 Å². The van der Waals surface area contributed by atoms with E-state index in [9.17, 15) is 9.59 Å². The Labute approximate surface area is 129 Å². The number of anilines is 1. The van der Waals surface area contributed by atoms with Crippen LogP contribution in [-0.2, 0) is 4.74 Å². The molecule has 1 aliphatic carbocycles. The lowest BCUT2D eigenvalue weighted by atomic mass is 10.2. The zero-order valence-corrected chi connectivity index (χ0v) is 13.4. The summed E-state index contributed by atoms with van der Waals surface area (Å²) in [5, 5.41) is 5.79. The second-order valence-electron chi connectivity index (χ2n) is 6.50. The SMILES string of the molecule is CC(C)(C)OC(=O)NCCCNc1cc(=O)[nH]c(C2CC2)n1. The zero-order valence-electron chi connectivity index (χ0n) is 13.4. The van der Waals surface area contributed by atoms with Crippen LogP contribution in [0.4, 0.5) is 10.6 Å². The highest BCUT2D eigenvalue weighted by molar-refractivity contribution is 5.67. The number of rotatable bonds is 6. The molecule has 1 aromatic rings. The number of alkyl carbamates (subject to hydrolysis) is 1. The standard InChI is InChI=1S/C15H24N4O3/c1-15(2,3)22-14(21)17-8-4-7-16-11-9-12(20)19-13(18-11)10-5-6-10/h9-10H,4-8H2,1-3H3,(H,17,21)(H2,16,18,19,20). The van der Waals surface area contributed by atoms with Crippen molar-refractivity contribution < 1.29 is 9.53 Å². The number of ether oxygens (including phenoxy) is 1. The number of amides is 1. The molecule has 22 heavy (non-hydrogen) atoms. The minimum absolute atomic E-state index is 0.133. The van der Waals surface area contributed by atoms with Crippen LogP contribution in [0.3, 0.4) is 0 Å². The van der Waals surface area contributed by atoms with E-state index < -0.39 is 11.7 Å². The number of carbonyl (C=O) groups excluding carboxylic acids is 1. The van der Waals surface area contributed by atoms with Crippen LogP contribution in [0.1, 0.15) is 51.8 Å². The quantitative estimate of drug-likeness (QED) is 0.698. The molecule has 1 aromatic heterocycles. The Bertz CT molecular complexity index is 573. The molecule has 0 radical (unpaired) electrons. The van der Waals surface area contributed by atoms with Crippen LogP contribution in [0.15, 0.2) is 10.9 Å². The van der Waals surface area contributed by atoms with Crippen molar-refractivity contribution in [3.05, 3.63) is 22.2 Å². The Hall–Kier alpha value is -2.05. The molecule has 7 nitrogen and oxygen atoms in total. The van der Waals surface area contributed by atoms with E-state index in [2.05, 4.69) is 20.6 Å². The molecule has 0 atom stereocenters. The number of nitrogens with zero attached hydrogens (tertiary/aromatic N) is 1. The molecule has 122 valence electrons. The molecule has 0 aliphatic heterocycles.